The van der Waals surface area contributed by atoms with Crippen molar-refractivity contribution in [2.45, 2.75) is 13.1 Å². The van der Waals surface area contributed by atoms with Crippen LogP contribution in [0.25, 0.3) is 17.0 Å². The molecule has 0 radical (unpaired) electrons. The summed E-state index contributed by atoms with van der Waals surface area (Å²) in [6.07, 6.45) is 5.66. The lowest BCUT2D eigenvalue weighted by Gasteiger charge is -2.11. The van der Waals surface area contributed by atoms with Crippen molar-refractivity contribution < 1.29 is 9.21 Å². The number of furan rings is 1. The van der Waals surface area contributed by atoms with Crippen molar-refractivity contribution in [3.05, 3.63) is 101 Å². The highest BCUT2D eigenvalue weighted by Gasteiger charge is 2.32. The van der Waals surface area contributed by atoms with Gasteiger partial charge < -0.3 is 8.98 Å². The van der Waals surface area contributed by atoms with Crippen molar-refractivity contribution in [3.8, 4) is 0 Å². The molecule has 0 spiro atoms. The van der Waals surface area contributed by atoms with Crippen LogP contribution in [0.5, 0.6) is 0 Å². The number of aromatic nitrogens is 1. The Morgan fingerprint density at radius 2 is 1.77 bits per heavy atom. The molecule has 2 aromatic heterocycles. The fourth-order valence-corrected chi connectivity index (χ4v) is 4.88. The van der Waals surface area contributed by atoms with E-state index in [1.54, 1.807) is 11.2 Å². The Labute approximate surface area is 183 Å². The molecule has 3 heterocycles. The lowest BCUT2D eigenvalue weighted by molar-refractivity contribution is -0.122. The highest BCUT2D eigenvalue weighted by atomic mass is 32.2. The minimum absolute atomic E-state index is 0.0821. The van der Waals surface area contributed by atoms with E-state index in [0.717, 1.165) is 23.0 Å². The van der Waals surface area contributed by atoms with Crippen LogP contribution in [-0.2, 0) is 17.9 Å². The van der Waals surface area contributed by atoms with Crippen molar-refractivity contribution in [1.82, 2.24) is 9.47 Å². The van der Waals surface area contributed by atoms with Gasteiger partial charge in [0.2, 0.25) is 0 Å². The van der Waals surface area contributed by atoms with E-state index in [2.05, 4.69) is 35.0 Å². The molecule has 30 heavy (non-hydrogen) atoms. The summed E-state index contributed by atoms with van der Waals surface area (Å²) in [7, 11) is 0. The van der Waals surface area contributed by atoms with Gasteiger partial charge in [0.25, 0.3) is 5.91 Å². The molecule has 1 saturated heterocycles. The fraction of sp³-hybridized carbons (Fsp3) is 0.0833. The van der Waals surface area contributed by atoms with Crippen molar-refractivity contribution in [3.63, 3.8) is 0 Å². The third-order valence-corrected chi connectivity index (χ3v) is 6.45. The molecule has 4 aromatic rings. The molecule has 1 amide bonds. The second kappa shape index (κ2) is 7.97. The standard InChI is InChI=1S/C24H18N2O2S2/c27-23-22(30-24(29)26(23)16-19-9-6-12-28-19)13-18-15-25(14-17-7-2-1-3-8-17)21-11-5-4-10-20(18)21/h1-13,15H,14,16H2. The molecule has 0 saturated carbocycles. The molecule has 6 heteroatoms. The van der Waals surface area contributed by atoms with Crippen molar-refractivity contribution in [2.24, 2.45) is 0 Å². The van der Waals surface area contributed by atoms with Crippen LogP contribution in [0.15, 0.2) is 88.5 Å². The zero-order valence-corrected chi connectivity index (χ0v) is 17.7. The van der Waals surface area contributed by atoms with E-state index in [4.69, 9.17) is 16.6 Å². The molecule has 1 aliphatic heterocycles. The Morgan fingerprint density at radius 3 is 2.57 bits per heavy atom. The van der Waals surface area contributed by atoms with Crippen LogP contribution in [0.4, 0.5) is 0 Å². The summed E-state index contributed by atoms with van der Waals surface area (Å²) in [6, 6.07) is 22.3. The molecule has 148 valence electrons. The number of fused-ring (bicyclic) bond motifs is 1. The summed E-state index contributed by atoms with van der Waals surface area (Å²) < 4.78 is 8.15. The number of carbonyl (C=O) groups is 1. The van der Waals surface area contributed by atoms with Crippen LogP contribution >= 0.6 is 24.0 Å². The van der Waals surface area contributed by atoms with Crippen LogP contribution in [0, 0.1) is 0 Å². The lowest BCUT2D eigenvalue weighted by atomic mass is 10.1. The first kappa shape index (κ1) is 18.9. The monoisotopic (exact) mass is 430 g/mol. The van der Waals surface area contributed by atoms with Crippen LogP contribution in [-0.4, -0.2) is 19.7 Å². The van der Waals surface area contributed by atoms with E-state index in [1.165, 1.54) is 17.3 Å². The van der Waals surface area contributed by atoms with E-state index in [0.29, 0.717) is 21.5 Å². The molecule has 2 aromatic carbocycles. The molecular weight excluding hydrogens is 412 g/mol. The molecule has 0 aliphatic carbocycles. The molecule has 4 nitrogen and oxygen atoms in total. The SMILES string of the molecule is O=C1C(=Cc2cn(Cc3ccccc3)c3ccccc23)SC(=S)N1Cc1ccco1. The van der Waals surface area contributed by atoms with Crippen LogP contribution in [0.2, 0.25) is 0 Å². The first-order valence-electron chi connectivity index (χ1n) is 9.58. The average Bonchev–Trinajstić information content (AvgIpc) is 3.46. The van der Waals surface area contributed by atoms with Gasteiger partial charge in [-0.15, -0.1) is 0 Å². The summed E-state index contributed by atoms with van der Waals surface area (Å²) in [5.41, 5.74) is 3.38. The van der Waals surface area contributed by atoms with E-state index in [9.17, 15) is 4.79 Å². The summed E-state index contributed by atoms with van der Waals surface area (Å²) in [6.45, 7) is 1.12. The molecule has 1 fully saturated rings. The van der Waals surface area contributed by atoms with E-state index in [1.807, 2.05) is 48.5 Å². The first-order chi connectivity index (χ1) is 14.7. The molecule has 5 rings (SSSR count). The number of hydrogen-bond acceptors (Lipinski definition) is 4. The second-order valence-electron chi connectivity index (χ2n) is 7.06. The Kier molecular flexibility index (Phi) is 5.02. The number of para-hydroxylation sites is 1. The third kappa shape index (κ3) is 3.60. The van der Waals surface area contributed by atoms with Crippen molar-refractivity contribution in [2.75, 3.05) is 0 Å². The highest BCUT2D eigenvalue weighted by molar-refractivity contribution is 8.26. The zero-order valence-electron chi connectivity index (χ0n) is 16.0. The van der Waals surface area contributed by atoms with Gasteiger partial charge >= 0.3 is 0 Å². The predicted octanol–water partition coefficient (Wildman–Crippen LogP) is 5.68. The van der Waals surface area contributed by atoms with Crippen LogP contribution in [0.3, 0.4) is 0 Å². The van der Waals surface area contributed by atoms with Crippen molar-refractivity contribution >= 4 is 51.2 Å². The first-order valence-corrected chi connectivity index (χ1v) is 10.8. The van der Waals surface area contributed by atoms with Crippen LogP contribution < -0.4 is 0 Å². The van der Waals surface area contributed by atoms with E-state index >= 15 is 0 Å². The molecule has 0 unspecified atom stereocenters. The molecule has 0 N–H and O–H groups in total. The van der Waals surface area contributed by atoms with Gasteiger partial charge in [0.1, 0.15) is 10.1 Å². The number of thioether (sulfide) groups is 1. The summed E-state index contributed by atoms with van der Waals surface area (Å²) >= 11 is 6.79. The maximum Gasteiger partial charge on any atom is 0.266 e. The Morgan fingerprint density at radius 1 is 0.967 bits per heavy atom. The number of benzene rings is 2. The largest absolute Gasteiger partial charge is 0.467 e. The number of amides is 1. The number of hydrogen-bond donors (Lipinski definition) is 0. The molecule has 1 aliphatic rings. The van der Waals surface area contributed by atoms with E-state index < -0.39 is 0 Å². The number of carbonyl (C=O) groups excluding carboxylic acids is 1. The lowest BCUT2D eigenvalue weighted by Crippen LogP contribution is -2.27. The zero-order chi connectivity index (χ0) is 20.5. The Bertz CT molecular complexity index is 1260. The average molecular weight is 431 g/mol. The van der Waals surface area contributed by atoms with Gasteiger partial charge in [-0.25, -0.2) is 0 Å². The minimum Gasteiger partial charge on any atom is -0.467 e. The van der Waals surface area contributed by atoms with Crippen LogP contribution in [0.1, 0.15) is 16.9 Å². The third-order valence-electron chi connectivity index (χ3n) is 5.07. The Hall–Kier alpha value is -3.09. The molecule has 0 atom stereocenters. The summed E-state index contributed by atoms with van der Waals surface area (Å²) in [4.78, 5) is 15.2. The van der Waals surface area contributed by atoms with Gasteiger partial charge in [0.15, 0.2) is 0 Å². The molecule has 0 bridgehead atoms. The maximum atomic E-state index is 13.0. The normalized spacial score (nSPS) is 15.6. The van der Waals surface area contributed by atoms with Gasteiger partial charge in [-0.3, -0.25) is 9.69 Å². The summed E-state index contributed by atoms with van der Waals surface area (Å²) in [5, 5.41) is 1.12. The predicted molar refractivity (Wildman–Crippen MR) is 125 cm³/mol. The number of nitrogens with zero attached hydrogens (tertiary/aromatic N) is 2. The van der Waals surface area contributed by atoms with Gasteiger partial charge in [-0.2, -0.15) is 0 Å². The minimum atomic E-state index is -0.0821. The second-order valence-corrected chi connectivity index (χ2v) is 8.74. The van der Waals surface area contributed by atoms with E-state index in [-0.39, 0.29) is 5.91 Å². The fourth-order valence-electron chi connectivity index (χ4n) is 3.64. The quantitative estimate of drug-likeness (QED) is 0.301. The number of rotatable bonds is 5. The highest BCUT2D eigenvalue weighted by Crippen LogP contribution is 2.35. The molecular formula is C24H18N2O2S2. The maximum absolute atomic E-state index is 13.0. The number of thiocarbonyl (C=S) groups is 1. The topological polar surface area (TPSA) is 38.4 Å². The van der Waals surface area contributed by atoms with Gasteiger partial charge in [0, 0.05) is 29.2 Å². The van der Waals surface area contributed by atoms with Gasteiger partial charge in [-0.1, -0.05) is 72.5 Å². The van der Waals surface area contributed by atoms with Crippen molar-refractivity contribution in [1.29, 1.82) is 0 Å². The van der Waals surface area contributed by atoms with Gasteiger partial charge in [0.05, 0.1) is 17.7 Å². The smallest absolute Gasteiger partial charge is 0.266 e. The Balaban J connectivity index is 1.48. The summed E-state index contributed by atoms with van der Waals surface area (Å²) in [5.74, 6) is 0.633. The van der Waals surface area contributed by atoms with Gasteiger partial charge in [-0.05, 0) is 29.8 Å².